The fraction of sp³-hybridized carbons (Fsp3) is 0.263. The van der Waals surface area contributed by atoms with Crippen molar-refractivity contribution >= 4 is 28.5 Å². The molecule has 3 aromatic rings. The van der Waals surface area contributed by atoms with Crippen molar-refractivity contribution in [3.05, 3.63) is 64.8 Å². The fourth-order valence-corrected chi connectivity index (χ4v) is 2.85. The molecule has 0 bridgehead atoms. The average molecular weight is 324 g/mol. The third kappa shape index (κ3) is 3.45. The van der Waals surface area contributed by atoms with Crippen LogP contribution in [0.15, 0.2) is 48.5 Å². The Morgan fingerprint density at radius 1 is 1.00 bits per heavy atom. The Bertz CT molecular complexity index is 829. The van der Waals surface area contributed by atoms with Gasteiger partial charge in [-0.1, -0.05) is 41.9 Å². The van der Waals surface area contributed by atoms with Gasteiger partial charge in [-0.05, 0) is 42.5 Å². The van der Waals surface area contributed by atoms with Crippen molar-refractivity contribution in [3.8, 4) is 0 Å². The lowest BCUT2D eigenvalue weighted by atomic mass is 10.1. The van der Waals surface area contributed by atoms with Gasteiger partial charge < -0.3 is 5.32 Å². The van der Waals surface area contributed by atoms with Gasteiger partial charge in [0.25, 0.3) is 0 Å². The molecule has 0 saturated heterocycles. The predicted octanol–water partition coefficient (Wildman–Crippen LogP) is 4.70. The molecule has 0 unspecified atom stereocenters. The highest BCUT2D eigenvalue weighted by atomic mass is 35.5. The van der Waals surface area contributed by atoms with Crippen LogP contribution in [0.4, 0.5) is 5.82 Å². The van der Waals surface area contributed by atoms with Crippen LogP contribution in [0, 0.1) is 5.92 Å². The highest BCUT2D eigenvalue weighted by Crippen LogP contribution is 2.30. The molecule has 116 valence electrons. The zero-order valence-electron chi connectivity index (χ0n) is 12.8. The topological polar surface area (TPSA) is 37.8 Å². The van der Waals surface area contributed by atoms with Crippen molar-refractivity contribution in [1.82, 2.24) is 9.97 Å². The third-order valence-electron chi connectivity index (χ3n) is 4.17. The molecule has 0 aliphatic heterocycles. The molecule has 1 saturated carbocycles. The average Bonchev–Trinajstić information content (AvgIpc) is 3.38. The summed E-state index contributed by atoms with van der Waals surface area (Å²) in [7, 11) is 0. The van der Waals surface area contributed by atoms with Gasteiger partial charge in [-0.25, -0.2) is 9.97 Å². The van der Waals surface area contributed by atoms with Crippen LogP contribution in [0.3, 0.4) is 0 Å². The van der Waals surface area contributed by atoms with E-state index in [1.54, 1.807) is 0 Å². The summed E-state index contributed by atoms with van der Waals surface area (Å²) in [5.41, 5.74) is 3.96. The zero-order chi connectivity index (χ0) is 15.6. The second kappa shape index (κ2) is 6.17. The molecule has 0 amide bonds. The third-order valence-corrected chi connectivity index (χ3v) is 4.40. The van der Waals surface area contributed by atoms with Crippen LogP contribution in [-0.4, -0.2) is 16.5 Å². The Hall–Kier alpha value is -2.13. The first-order valence-electron chi connectivity index (χ1n) is 8.02. The maximum absolute atomic E-state index is 6.09. The Morgan fingerprint density at radius 3 is 2.61 bits per heavy atom. The van der Waals surface area contributed by atoms with Crippen molar-refractivity contribution < 1.29 is 0 Å². The van der Waals surface area contributed by atoms with E-state index in [9.17, 15) is 0 Å². The first kappa shape index (κ1) is 14.5. The van der Waals surface area contributed by atoms with Gasteiger partial charge in [0.15, 0.2) is 0 Å². The van der Waals surface area contributed by atoms with Crippen molar-refractivity contribution in [2.24, 2.45) is 5.92 Å². The fourth-order valence-electron chi connectivity index (χ4n) is 2.68. The maximum Gasteiger partial charge on any atom is 0.148 e. The highest BCUT2D eigenvalue weighted by molar-refractivity contribution is 6.31. The summed E-state index contributed by atoms with van der Waals surface area (Å²) in [6.07, 6.45) is 3.40. The molecule has 1 aliphatic rings. The minimum atomic E-state index is 0.691. The summed E-state index contributed by atoms with van der Waals surface area (Å²) in [6.45, 7) is 0.975. The van der Waals surface area contributed by atoms with Gasteiger partial charge in [-0.3, -0.25) is 0 Å². The van der Waals surface area contributed by atoms with Gasteiger partial charge in [-0.2, -0.15) is 0 Å². The Morgan fingerprint density at radius 2 is 1.83 bits per heavy atom. The normalized spacial score (nSPS) is 14.1. The van der Waals surface area contributed by atoms with Crippen LogP contribution < -0.4 is 5.32 Å². The Labute approximate surface area is 140 Å². The smallest absolute Gasteiger partial charge is 0.148 e. The lowest BCUT2D eigenvalue weighted by Gasteiger charge is -2.12. The van der Waals surface area contributed by atoms with Crippen LogP contribution >= 0.6 is 11.6 Å². The summed E-state index contributed by atoms with van der Waals surface area (Å²) in [4.78, 5) is 9.60. The molecule has 1 fully saturated rings. The molecule has 4 heteroatoms. The molecule has 2 aromatic carbocycles. The molecule has 1 aliphatic carbocycles. The zero-order valence-corrected chi connectivity index (χ0v) is 13.6. The van der Waals surface area contributed by atoms with Gasteiger partial charge in [-0.15, -0.1) is 0 Å². The van der Waals surface area contributed by atoms with E-state index in [0.717, 1.165) is 41.4 Å². The number of aromatic nitrogens is 2. The minimum absolute atomic E-state index is 0.691. The van der Waals surface area contributed by atoms with E-state index >= 15 is 0 Å². The number of nitrogens with zero attached hydrogens (tertiary/aromatic N) is 2. The van der Waals surface area contributed by atoms with Crippen molar-refractivity contribution in [2.75, 3.05) is 11.9 Å². The van der Waals surface area contributed by atoms with Gasteiger partial charge in [0.2, 0.25) is 0 Å². The number of anilines is 1. The highest BCUT2D eigenvalue weighted by Gasteiger charge is 2.21. The summed E-state index contributed by atoms with van der Waals surface area (Å²) in [5, 5.41) is 4.18. The Kier molecular flexibility index (Phi) is 3.88. The first-order valence-corrected chi connectivity index (χ1v) is 8.40. The van der Waals surface area contributed by atoms with Gasteiger partial charge in [0.05, 0.1) is 16.7 Å². The molecular formula is C19H18ClN3. The summed E-state index contributed by atoms with van der Waals surface area (Å²) >= 11 is 6.09. The van der Waals surface area contributed by atoms with Crippen LogP contribution in [-0.2, 0) is 6.42 Å². The van der Waals surface area contributed by atoms with Gasteiger partial charge >= 0.3 is 0 Å². The van der Waals surface area contributed by atoms with E-state index in [1.165, 1.54) is 18.4 Å². The van der Waals surface area contributed by atoms with Gasteiger partial charge in [0.1, 0.15) is 5.82 Å². The monoisotopic (exact) mass is 323 g/mol. The molecule has 1 N–H and O–H groups in total. The number of benzene rings is 2. The molecule has 0 atom stereocenters. The molecular weight excluding hydrogens is 306 g/mol. The van der Waals surface area contributed by atoms with Crippen molar-refractivity contribution in [1.29, 1.82) is 0 Å². The second-order valence-corrected chi connectivity index (χ2v) is 6.58. The summed E-state index contributed by atoms with van der Waals surface area (Å²) < 4.78 is 0. The molecule has 4 rings (SSSR count). The van der Waals surface area contributed by atoms with E-state index in [-0.39, 0.29) is 0 Å². The lowest BCUT2D eigenvalue weighted by molar-refractivity contribution is 0.877. The number of rotatable bonds is 5. The van der Waals surface area contributed by atoms with Crippen molar-refractivity contribution in [2.45, 2.75) is 19.3 Å². The van der Waals surface area contributed by atoms with Crippen LogP contribution in [0.2, 0.25) is 5.02 Å². The predicted molar refractivity (Wildman–Crippen MR) is 95.0 cm³/mol. The van der Waals surface area contributed by atoms with E-state index in [2.05, 4.69) is 29.6 Å². The SMILES string of the molecule is Clc1ccc2nc(Cc3ccccc3)c(NCC3CC3)nc2c1. The molecule has 1 aromatic heterocycles. The molecule has 0 spiro atoms. The Balaban J connectivity index is 1.72. The molecule has 0 radical (unpaired) electrons. The molecule has 23 heavy (non-hydrogen) atoms. The largest absolute Gasteiger partial charge is 0.368 e. The van der Waals surface area contributed by atoms with Gasteiger partial charge in [0, 0.05) is 18.0 Å². The summed E-state index contributed by atoms with van der Waals surface area (Å²) in [6, 6.07) is 16.1. The van der Waals surface area contributed by atoms with E-state index < -0.39 is 0 Å². The van der Waals surface area contributed by atoms with E-state index in [0.29, 0.717) is 5.02 Å². The van der Waals surface area contributed by atoms with Crippen molar-refractivity contribution in [3.63, 3.8) is 0 Å². The number of nitrogens with one attached hydrogen (secondary N) is 1. The van der Waals surface area contributed by atoms with E-state index in [1.807, 2.05) is 24.3 Å². The van der Waals surface area contributed by atoms with Crippen LogP contribution in [0.25, 0.3) is 11.0 Å². The number of fused-ring (bicyclic) bond motifs is 1. The van der Waals surface area contributed by atoms with E-state index in [4.69, 9.17) is 21.6 Å². The number of halogens is 1. The summed E-state index contributed by atoms with van der Waals surface area (Å²) in [5.74, 6) is 1.67. The number of hydrogen-bond acceptors (Lipinski definition) is 3. The second-order valence-electron chi connectivity index (χ2n) is 6.14. The first-order chi connectivity index (χ1) is 11.3. The lowest BCUT2D eigenvalue weighted by Crippen LogP contribution is -2.10. The minimum Gasteiger partial charge on any atom is -0.368 e. The van der Waals surface area contributed by atoms with Crippen LogP contribution in [0.5, 0.6) is 0 Å². The van der Waals surface area contributed by atoms with Crippen LogP contribution in [0.1, 0.15) is 24.1 Å². The standard InChI is InChI=1S/C19H18ClN3/c20-15-8-9-16-17(11-15)23-19(21-12-14-6-7-14)18(22-16)10-13-4-2-1-3-5-13/h1-5,8-9,11,14H,6-7,10,12H2,(H,21,23). The quantitative estimate of drug-likeness (QED) is 0.739. The number of hydrogen-bond donors (Lipinski definition) is 1. The molecule has 1 heterocycles. The maximum atomic E-state index is 6.09. The molecule has 3 nitrogen and oxygen atoms in total.